The predicted molar refractivity (Wildman–Crippen MR) is 163 cm³/mol. The zero-order valence-corrected chi connectivity index (χ0v) is 24.0. The van der Waals surface area contributed by atoms with Crippen molar-refractivity contribution in [3.05, 3.63) is 88.8 Å². The molecule has 0 amide bonds. The average Bonchev–Trinajstić information content (AvgIpc) is 3.71. The Morgan fingerprint density at radius 1 is 0.927 bits per heavy atom. The molecule has 1 aliphatic carbocycles. The van der Waals surface area contributed by atoms with Crippen LogP contribution in [0.1, 0.15) is 29.8 Å². The summed E-state index contributed by atoms with van der Waals surface area (Å²) in [5, 5.41) is 17.5. The number of aryl methyl sites for hydroxylation is 1. The number of aliphatic hydroxyl groups is 1. The van der Waals surface area contributed by atoms with Crippen molar-refractivity contribution in [3.8, 4) is 28.3 Å². The summed E-state index contributed by atoms with van der Waals surface area (Å²) in [7, 11) is 1.61. The number of anilines is 2. The number of fused-ring (bicyclic) bond motifs is 1. The zero-order valence-electron chi connectivity index (χ0n) is 23.2. The minimum atomic E-state index is -0.558. The molecule has 0 atom stereocenters. The van der Waals surface area contributed by atoms with E-state index in [9.17, 15) is 5.11 Å². The topological polar surface area (TPSA) is 105 Å². The summed E-state index contributed by atoms with van der Waals surface area (Å²) in [6, 6.07) is 19.8. The van der Waals surface area contributed by atoms with Crippen LogP contribution < -0.4 is 15.4 Å². The molecule has 3 heterocycles. The van der Waals surface area contributed by atoms with E-state index in [-0.39, 0.29) is 0 Å². The Morgan fingerprint density at radius 2 is 1.71 bits per heavy atom. The maximum atomic E-state index is 10.1. The van der Waals surface area contributed by atoms with Crippen molar-refractivity contribution >= 4 is 34.1 Å². The molecule has 6 rings (SSSR count). The summed E-state index contributed by atoms with van der Waals surface area (Å²) in [6.07, 6.45) is 3.43. The van der Waals surface area contributed by atoms with Crippen LogP contribution in [-0.2, 0) is 6.54 Å². The van der Waals surface area contributed by atoms with E-state index >= 15 is 0 Å². The van der Waals surface area contributed by atoms with Crippen LogP contribution >= 0.6 is 11.6 Å². The lowest BCUT2D eigenvalue weighted by atomic mass is 9.96. The van der Waals surface area contributed by atoms with Crippen molar-refractivity contribution in [1.82, 2.24) is 25.3 Å². The standard InChI is InChI=1S/C32H31ClN6O2/c1-19-22(7-5-10-25(19)38-30-29-27(11-6-16-35-29)36-20(2)37-30)23-8-4-9-24(28(23)33)26-13-12-21(31(39-26)41-3)17-34-18-32(40)14-15-32/h4-13,16,34,40H,14-15,17-18H2,1-3H3,(H,36,37,38). The van der Waals surface area contributed by atoms with Crippen LogP contribution in [0.4, 0.5) is 11.5 Å². The van der Waals surface area contributed by atoms with Crippen molar-refractivity contribution in [2.24, 2.45) is 0 Å². The van der Waals surface area contributed by atoms with Crippen LogP contribution in [0.2, 0.25) is 5.02 Å². The molecule has 208 valence electrons. The molecular formula is C32H31ClN6O2. The Kier molecular flexibility index (Phi) is 7.30. The number of hydrogen-bond donors (Lipinski definition) is 3. The van der Waals surface area contributed by atoms with Crippen LogP contribution in [-0.4, -0.2) is 44.3 Å². The fraction of sp³-hybridized carbons (Fsp3) is 0.250. The number of methoxy groups -OCH3 is 1. The molecule has 0 radical (unpaired) electrons. The number of nitrogens with one attached hydrogen (secondary N) is 2. The van der Waals surface area contributed by atoms with Gasteiger partial charge in [-0.2, -0.15) is 0 Å². The highest BCUT2D eigenvalue weighted by molar-refractivity contribution is 6.36. The van der Waals surface area contributed by atoms with E-state index in [2.05, 4.69) is 38.6 Å². The number of aromatic nitrogens is 4. The molecule has 1 aliphatic rings. The van der Waals surface area contributed by atoms with Crippen molar-refractivity contribution in [3.63, 3.8) is 0 Å². The molecule has 2 aromatic carbocycles. The van der Waals surface area contributed by atoms with Crippen LogP contribution in [0.5, 0.6) is 5.88 Å². The first-order chi connectivity index (χ1) is 19.8. The van der Waals surface area contributed by atoms with Gasteiger partial charge >= 0.3 is 0 Å². The lowest BCUT2D eigenvalue weighted by molar-refractivity contribution is 0.147. The van der Waals surface area contributed by atoms with Crippen LogP contribution in [0.3, 0.4) is 0 Å². The predicted octanol–water partition coefficient (Wildman–Crippen LogP) is 6.39. The van der Waals surface area contributed by atoms with Gasteiger partial charge in [-0.15, -0.1) is 0 Å². The molecule has 0 bridgehead atoms. The molecule has 0 unspecified atom stereocenters. The van der Waals surface area contributed by atoms with Crippen LogP contribution in [0.25, 0.3) is 33.4 Å². The van der Waals surface area contributed by atoms with Gasteiger partial charge in [-0.3, -0.25) is 4.98 Å². The molecule has 5 aromatic rings. The maximum absolute atomic E-state index is 10.1. The van der Waals surface area contributed by atoms with Crippen molar-refractivity contribution < 1.29 is 9.84 Å². The van der Waals surface area contributed by atoms with Crippen LogP contribution in [0, 0.1) is 13.8 Å². The summed E-state index contributed by atoms with van der Waals surface area (Å²) in [5.41, 5.74) is 7.22. The Balaban J connectivity index is 1.31. The molecule has 41 heavy (non-hydrogen) atoms. The summed E-state index contributed by atoms with van der Waals surface area (Å²) in [4.78, 5) is 18.4. The third-order valence-corrected chi connectivity index (χ3v) is 7.85. The molecule has 3 aromatic heterocycles. The first-order valence-corrected chi connectivity index (χ1v) is 14.0. The molecule has 3 N–H and O–H groups in total. The molecule has 1 fully saturated rings. The SMILES string of the molecule is COc1nc(-c2cccc(-c3cccc(Nc4nc(C)nc5cccnc45)c3C)c2Cl)ccc1CNCC1(O)CC1. The van der Waals surface area contributed by atoms with Gasteiger partial charge < -0.3 is 20.5 Å². The quantitative estimate of drug-likeness (QED) is 0.188. The summed E-state index contributed by atoms with van der Waals surface area (Å²) >= 11 is 7.07. The van der Waals surface area contributed by atoms with Gasteiger partial charge in [0.1, 0.15) is 11.3 Å². The van der Waals surface area contributed by atoms with Gasteiger partial charge in [0, 0.05) is 41.7 Å². The van der Waals surface area contributed by atoms with Gasteiger partial charge in [-0.05, 0) is 62.1 Å². The van der Waals surface area contributed by atoms with E-state index in [1.807, 2.05) is 61.5 Å². The number of ether oxygens (including phenoxy) is 1. The van der Waals surface area contributed by atoms with Gasteiger partial charge in [-0.25, -0.2) is 15.0 Å². The van der Waals surface area contributed by atoms with E-state index in [1.165, 1.54) is 0 Å². The monoisotopic (exact) mass is 566 g/mol. The highest BCUT2D eigenvalue weighted by Gasteiger charge is 2.39. The third kappa shape index (κ3) is 5.59. The largest absolute Gasteiger partial charge is 0.481 e. The molecule has 0 spiro atoms. The lowest BCUT2D eigenvalue weighted by Gasteiger charge is -2.17. The second-order valence-electron chi connectivity index (χ2n) is 10.5. The molecule has 9 heteroatoms. The van der Waals surface area contributed by atoms with E-state index in [0.29, 0.717) is 41.2 Å². The number of pyridine rings is 2. The summed E-state index contributed by atoms with van der Waals surface area (Å²) in [5.74, 6) is 1.86. The highest BCUT2D eigenvalue weighted by atomic mass is 35.5. The first-order valence-electron chi connectivity index (χ1n) is 13.6. The van der Waals surface area contributed by atoms with E-state index < -0.39 is 5.60 Å². The average molecular weight is 567 g/mol. The molecule has 8 nitrogen and oxygen atoms in total. The molecule has 1 saturated carbocycles. The molecular weight excluding hydrogens is 536 g/mol. The second-order valence-corrected chi connectivity index (χ2v) is 10.8. The number of rotatable bonds is 9. The smallest absolute Gasteiger partial charge is 0.218 e. The second kappa shape index (κ2) is 11.0. The fourth-order valence-corrected chi connectivity index (χ4v) is 5.31. The van der Waals surface area contributed by atoms with Crippen molar-refractivity contribution in [1.29, 1.82) is 0 Å². The van der Waals surface area contributed by atoms with Gasteiger partial charge in [0.15, 0.2) is 5.82 Å². The summed E-state index contributed by atoms with van der Waals surface area (Å²) < 4.78 is 5.61. The van der Waals surface area contributed by atoms with Crippen molar-refractivity contribution in [2.45, 2.75) is 38.8 Å². The van der Waals surface area contributed by atoms with Crippen molar-refractivity contribution in [2.75, 3.05) is 19.0 Å². The molecule has 0 aliphatic heterocycles. The fourth-order valence-electron chi connectivity index (χ4n) is 4.98. The number of benzene rings is 2. The Hall–Kier alpha value is -4.11. The maximum Gasteiger partial charge on any atom is 0.218 e. The number of halogens is 1. The minimum absolute atomic E-state index is 0.530. The van der Waals surface area contributed by atoms with Gasteiger partial charge in [0.05, 0.1) is 28.9 Å². The minimum Gasteiger partial charge on any atom is -0.481 e. The van der Waals surface area contributed by atoms with E-state index in [4.69, 9.17) is 21.3 Å². The Morgan fingerprint density at radius 3 is 2.51 bits per heavy atom. The third-order valence-electron chi connectivity index (χ3n) is 7.45. The van der Waals surface area contributed by atoms with E-state index in [0.717, 1.165) is 57.6 Å². The lowest BCUT2D eigenvalue weighted by Crippen LogP contribution is -2.27. The van der Waals surface area contributed by atoms with Crippen LogP contribution in [0.15, 0.2) is 66.9 Å². The first kappa shape index (κ1) is 27.1. The normalized spacial score (nSPS) is 13.8. The van der Waals surface area contributed by atoms with Gasteiger partial charge in [0.25, 0.3) is 0 Å². The molecule has 0 saturated heterocycles. The van der Waals surface area contributed by atoms with Gasteiger partial charge in [-0.1, -0.05) is 48.0 Å². The number of hydrogen-bond acceptors (Lipinski definition) is 8. The zero-order chi connectivity index (χ0) is 28.6. The highest BCUT2D eigenvalue weighted by Crippen LogP contribution is 2.40. The number of nitrogens with zero attached hydrogens (tertiary/aromatic N) is 4. The summed E-state index contributed by atoms with van der Waals surface area (Å²) in [6.45, 7) is 5.05. The van der Waals surface area contributed by atoms with E-state index in [1.54, 1.807) is 13.3 Å². The Bertz CT molecular complexity index is 1750. The van der Waals surface area contributed by atoms with Gasteiger partial charge in [0.2, 0.25) is 5.88 Å². The Labute approximate surface area is 243 Å².